The van der Waals surface area contributed by atoms with E-state index in [0.717, 1.165) is 16.9 Å². The van der Waals surface area contributed by atoms with Crippen LogP contribution in [0.3, 0.4) is 0 Å². The molecule has 6 nitrogen and oxygen atoms in total. The van der Waals surface area contributed by atoms with Gasteiger partial charge in [-0.15, -0.1) is 0 Å². The molecule has 0 aromatic heterocycles. The summed E-state index contributed by atoms with van der Waals surface area (Å²) in [7, 11) is 0. The summed E-state index contributed by atoms with van der Waals surface area (Å²) in [5.41, 5.74) is -0.183. The predicted molar refractivity (Wildman–Crippen MR) is 103 cm³/mol. The standard InChI is InChI=1S/C21H28FN3O3/c1-14-10-20(2,3)13-21(11-14)18(27)25(19(28)24-21)12-17(26)23-8-7-15-5-4-6-16(22)9-15/h4-6,9,14H,7-8,10-13H2,1-3H3,(H,23,26)(H,24,28). The van der Waals surface area contributed by atoms with Crippen molar-refractivity contribution in [3.63, 3.8) is 0 Å². The van der Waals surface area contributed by atoms with Gasteiger partial charge in [0.15, 0.2) is 0 Å². The van der Waals surface area contributed by atoms with Crippen LogP contribution < -0.4 is 10.6 Å². The number of hydrogen-bond donors (Lipinski definition) is 2. The molecule has 2 fully saturated rings. The van der Waals surface area contributed by atoms with E-state index in [9.17, 15) is 18.8 Å². The van der Waals surface area contributed by atoms with Crippen LogP contribution in [0, 0.1) is 17.2 Å². The number of imide groups is 1. The Morgan fingerprint density at radius 1 is 1.32 bits per heavy atom. The fourth-order valence-electron chi connectivity index (χ4n) is 4.89. The monoisotopic (exact) mass is 389 g/mol. The van der Waals surface area contributed by atoms with Gasteiger partial charge in [0.05, 0.1) is 0 Å². The van der Waals surface area contributed by atoms with Crippen LogP contribution in [-0.2, 0) is 16.0 Å². The maximum absolute atomic E-state index is 13.2. The van der Waals surface area contributed by atoms with Gasteiger partial charge in [-0.3, -0.25) is 14.5 Å². The number of urea groups is 1. The predicted octanol–water partition coefficient (Wildman–Crippen LogP) is 2.62. The highest BCUT2D eigenvalue weighted by atomic mass is 19.1. The van der Waals surface area contributed by atoms with Crippen LogP contribution in [0.5, 0.6) is 0 Å². The highest BCUT2D eigenvalue weighted by Crippen LogP contribution is 2.46. The first-order valence-electron chi connectivity index (χ1n) is 9.75. The van der Waals surface area contributed by atoms with Gasteiger partial charge in [-0.2, -0.15) is 0 Å². The molecule has 2 N–H and O–H groups in total. The number of amides is 4. The van der Waals surface area contributed by atoms with Gasteiger partial charge in [0.2, 0.25) is 5.91 Å². The average molecular weight is 389 g/mol. The van der Waals surface area contributed by atoms with Gasteiger partial charge in [-0.05, 0) is 54.7 Å². The summed E-state index contributed by atoms with van der Waals surface area (Å²) >= 11 is 0. The Hall–Kier alpha value is -2.44. The van der Waals surface area contributed by atoms with Crippen LogP contribution in [0.4, 0.5) is 9.18 Å². The van der Waals surface area contributed by atoms with Crippen LogP contribution >= 0.6 is 0 Å². The SMILES string of the molecule is CC1CC(C)(C)CC2(C1)NC(=O)N(CC(=O)NCCc1cccc(F)c1)C2=O. The van der Waals surface area contributed by atoms with Gasteiger partial charge in [-0.1, -0.05) is 32.9 Å². The Balaban J connectivity index is 1.57. The fraction of sp³-hybridized carbons (Fsp3) is 0.571. The highest BCUT2D eigenvalue weighted by Gasteiger charge is 2.56. The molecule has 2 aliphatic rings. The topological polar surface area (TPSA) is 78.5 Å². The van der Waals surface area contributed by atoms with Gasteiger partial charge in [0, 0.05) is 6.54 Å². The van der Waals surface area contributed by atoms with Crippen molar-refractivity contribution in [1.82, 2.24) is 15.5 Å². The minimum absolute atomic E-state index is 0.0518. The van der Waals surface area contributed by atoms with Crippen LogP contribution in [0.1, 0.15) is 45.6 Å². The van der Waals surface area contributed by atoms with E-state index in [4.69, 9.17) is 0 Å². The van der Waals surface area contributed by atoms with Crippen molar-refractivity contribution in [1.29, 1.82) is 0 Å². The molecular weight excluding hydrogens is 361 g/mol. The lowest BCUT2D eigenvalue weighted by Gasteiger charge is -2.43. The summed E-state index contributed by atoms with van der Waals surface area (Å²) in [6, 6.07) is 5.67. The van der Waals surface area contributed by atoms with E-state index < -0.39 is 17.5 Å². The van der Waals surface area contributed by atoms with Crippen molar-refractivity contribution in [2.24, 2.45) is 11.3 Å². The third kappa shape index (κ3) is 4.34. The number of benzene rings is 1. The number of nitrogens with one attached hydrogen (secondary N) is 2. The zero-order valence-electron chi connectivity index (χ0n) is 16.7. The fourth-order valence-corrected chi connectivity index (χ4v) is 4.89. The van der Waals surface area contributed by atoms with Crippen molar-refractivity contribution in [2.75, 3.05) is 13.1 Å². The number of carbonyl (C=O) groups excluding carboxylic acids is 3. The lowest BCUT2D eigenvalue weighted by Crippen LogP contribution is -2.54. The summed E-state index contributed by atoms with van der Waals surface area (Å²) < 4.78 is 13.2. The molecule has 1 aliphatic carbocycles. The lowest BCUT2D eigenvalue weighted by atomic mass is 9.64. The molecule has 4 amide bonds. The van der Waals surface area contributed by atoms with Crippen LogP contribution in [-0.4, -0.2) is 41.4 Å². The third-order valence-electron chi connectivity index (χ3n) is 5.55. The number of halogens is 1. The molecule has 1 saturated carbocycles. The minimum atomic E-state index is -0.903. The van der Waals surface area contributed by atoms with Crippen LogP contribution in [0.2, 0.25) is 0 Å². The van der Waals surface area contributed by atoms with E-state index in [0.29, 0.717) is 31.7 Å². The first kappa shape index (κ1) is 20.3. The second kappa shape index (κ2) is 7.53. The summed E-state index contributed by atoms with van der Waals surface area (Å²) in [5, 5.41) is 5.56. The molecule has 3 rings (SSSR count). The number of nitrogens with zero attached hydrogens (tertiary/aromatic N) is 1. The molecule has 152 valence electrons. The molecule has 0 radical (unpaired) electrons. The Morgan fingerprint density at radius 3 is 2.75 bits per heavy atom. The molecule has 1 spiro atoms. The Kier molecular flexibility index (Phi) is 5.46. The number of rotatable bonds is 5. The first-order valence-corrected chi connectivity index (χ1v) is 9.75. The largest absolute Gasteiger partial charge is 0.354 e. The smallest absolute Gasteiger partial charge is 0.325 e. The van der Waals surface area contributed by atoms with Crippen molar-refractivity contribution >= 4 is 17.8 Å². The zero-order valence-corrected chi connectivity index (χ0v) is 16.7. The van der Waals surface area contributed by atoms with Crippen molar-refractivity contribution in [3.05, 3.63) is 35.6 Å². The summed E-state index contributed by atoms with van der Waals surface area (Å²) in [4.78, 5) is 38.7. The lowest BCUT2D eigenvalue weighted by molar-refractivity contribution is -0.137. The molecule has 28 heavy (non-hydrogen) atoms. The third-order valence-corrected chi connectivity index (χ3v) is 5.55. The van der Waals surface area contributed by atoms with Crippen molar-refractivity contribution < 1.29 is 18.8 Å². The first-order chi connectivity index (χ1) is 13.1. The molecule has 1 aliphatic heterocycles. The van der Waals surface area contributed by atoms with E-state index in [1.807, 2.05) is 0 Å². The van der Waals surface area contributed by atoms with Crippen LogP contribution in [0.25, 0.3) is 0 Å². The molecular formula is C21H28FN3O3. The Bertz CT molecular complexity index is 795. The summed E-state index contributed by atoms with van der Waals surface area (Å²) in [5.74, 6) is -0.719. The second-order valence-electron chi connectivity index (χ2n) is 8.99. The molecule has 1 heterocycles. The number of carbonyl (C=O) groups is 3. The summed E-state index contributed by atoms with van der Waals surface area (Å²) in [6.07, 6.45) is 2.64. The van der Waals surface area contributed by atoms with E-state index in [1.165, 1.54) is 12.1 Å². The van der Waals surface area contributed by atoms with Gasteiger partial charge < -0.3 is 10.6 Å². The van der Waals surface area contributed by atoms with Gasteiger partial charge in [0.25, 0.3) is 5.91 Å². The summed E-state index contributed by atoms with van der Waals surface area (Å²) in [6.45, 7) is 6.30. The number of hydrogen-bond acceptors (Lipinski definition) is 3. The quantitative estimate of drug-likeness (QED) is 0.760. The average Bonchev–Trinajstić information content (AvgIpc) is 2.76. The maximum Gasteiger partial charge on any atom is 0.325 e. The second-order valence-corrected chi connectivity index (χ2v) is 8.99. The molecule has 2 atom stereocenters. The van der Waals surface area contributed by atoms with Crippen LogP contribution in [0.15, 0.2) is 24.3 Å². The molecule has 1 saturated heterocycles. The van der Waals surface area contributed by atoms with Gasteiger partial charge in [-0.25, -0.2) is 9.18 Å². The van der Waals surface area contributed by atoms with E-state index in [-0.39, 0.29) is 23.7 Å². The van der Waals surface area contributed by atoms with E-state index >= 15 is 0 Å². The minimum Gasteiger partial charge on any atom is -0.354 e. The maximum atomic E-state index is 13.2. The van der Waals surface area contributed by atoms with E-state index in [2.05, 4.69) is 31.4 Å². The Labute approximate surface area is 164 Å². The molecule has 1 aromatic carbocycles. The van der Waals surface area contributed by atoms with Crippen molar-refractivity contribution in [3.8, 4) is 0 Å². The molecule has 1 aromatic rings. The molecule has 0 bridgehead atoms. The Morgan fingerprint density at radius 2 is 2.07 bits per heavy atom. The normalized spacial score (nSPS) is 26.4. The molecule has 2 unspecified atom stereocenters. The van der Waals surface area contributed by atoms with Gasteiger partial charge >= 0.3 is 6.03 Å². The molecule has 7 heteroatoms. The van der Waals surface area contributed by atoms with E-state index in [1.54, 1.807) is 12.1 Å². The van der Waals surface area contributed by atoms with Crippen molar-refractivity contribution in [2.45, 2.75) is 52.0 Å². The highest BCUT2D eigenvalue weighted by molar-refractivity contribution is 6.09. The zero-order chi connectivity index (χ0) is 20.5. The van der Waals surface area contributed by atoms with Gasteiger partial charge in [0.1, 0.15) is 17.9 Å².